The van der Waals surface area contributed by atoms with Crippen molar-refractivity contribution in [3.8, 4) is 5.75 Å². The van der Waals surface area contributed by atoms with Crippen LogP contribution in [-0.2, 0) is 15.3 Å². The topological polar surface area (TPSA) is 53.8 Å². The van der Waals surface area contributed by atoms with E-state index in [-0.39, 0.29) is 22.3 Å². The van der Waals surface area contributed by atoms with Crippen molar-refractivity contribution in [1.29, 1.82) is 0 Å². The minimum atomic E-state index is -2.11. The van der Waals surface area contributed by atoms with Crippen molar-refractivity contribution in [2.24, 2.45) is 0 Å². The SMILES string of the molecule is COc1ccc(CC2=[N+]([O-])C[C@H](O[Si](C)(C)C(C)(C)C)[C@H]2O[Si](C)(C)C(C)(C)C)cc1. The van der Waals surface area contributed by atoms with Crippen LogP contribution in [0, 0.1) is 5.21 Å². The molecule has 1 aromatic rings. The maximum atomic E-state index is 13.1. The van der Waals surface area contributed by atoms with E-state index in [1.54, 1.807) is 7.11 Å². The highest BCUT2D eigenvalue weighted by molar-refractivity contribution is 6.74. The molecule has 31 heavy (non-hydrogen) atoms. The van der Waals surface area contributed by atoms with Crippen LogP contribution in [0.15, 0.2) is 24.3 Å². The third-order valence-electron chi connectivity index (χ3n) is 7.36. The Morgan fingerprint density at radius 2 is 1.39 bits per heavy atom. The fraction of sp³-hybridized carbons (Fsp3) is 0.708. The maximum Gasteiger partial charge on any atom is 0.198 e. The van der Waals surface area contributed by atoms with E-state index < -0.39 is 16.6 Å². The molecule has 0 spiro atoms. The number of hydrogen-bond donors (Lipinski definition) is 0. The summed E-state index contributed by atoms with van der Waals surface area (Å²) in [6, 6.07) is 7.91. The summed E-state index contributed by atoms with van der Waals surface area (Å²) in [6.07, 6.45) is 0.0137. The van der Waals surface area contributed by atoms with Gasteiger partial charge in [0.15, 0.2) is 35.0 Å². The van der Waals surface area contributed by atoms with Gasteiger partial charge < -0.3 is 18.8 Å². The van der Waals surface area contributed by atoms with Gasteiger partial charge in [-0.1, -0.05) is 53.7 Å². The molecule has 2 atom stereocenters. The van der Waals surface area contributed by atoms with Gasteiger partial charge in [-0.15, -0.1) is 0 Å². The number of hydroxylamine groups is 1. The Hall–Kier alpha value is -1.16. The first-order valence-corrected chi connectivity index (χ1v) is 17.1. The molecule has 0 amide bonds. The second-order valence-electron chi connectivity index (χ2n) is 11.8. The van der Waals surface area contributed by atoms with Gasteiger partial charge in [0.05, 0.1) is 13.5 Å². The van der Waals surface area contributed by atoms with Gasteiger partial charge >= 0.3 is 0 Å². The fourth-order valence-corrected chi connectivity index (χ4v) is 5.75. The van der Waals surface area contributed by atoms with Crippen molar-refractivity contribution < 1.29 is 18.3 Å². The van der Waals surface area contributed by atoms with E-state index in [4.69, 9.17) is 13.6 Å². The number of hydrogen-bond acceptors (Lipinski definition) is 4. The smallest absolute Gasteiger partial charge is 0.198 e. The van der Waals surface area contributed by atoms with E-state index >= 15 is 0 Å². The standard InChI is InChI=1S/C24H43NO4Si2/c1-23(2,3)30(8,9)28-21-17-25(26)20(16-18-12-14-19(27-7)15-13-18)22(21)29-31(10,11)24(4,5)6/h12-15,21-22H,16-17H2,1-11H3/t21-,22-/m0/s1. The van der Waals surface area contributed by atoms with Crippen LogP contribution in [0.1, 0.15) is 47.1 Å². The van der Waals surface area contributed by atoms with Crippen molar-refractivity contribution in [2.75, 3.05) is 13.7 Å². The summed E-state index contributed by atoms with van der Waals surface area (Å²) in [7, 11) is -2.51. The zero-order valence-corrected chi connectivity index (χ0v) is 23.5. The monoisotopic (exact) mass is 465 g/mol. The highest BCUT2D eigenvalue weighted by Gasteiger charge is 2.51. The van der Waals surface area contributed by atoms with Crippen LogP contribution in [0.25, 0.3) is 0 Å². The molecular weight excluding hydrogens is 422 g/mol. The summed E-state index contributed by atoms with van der Waals surface area (Å²) in [5.41, 5.74) is 1.85. The van der Waals surface area contributed by atoms with Gasteiger partial charge in [-0.25, -0.2) is 4.74 Å². The predicted octanol–water partition coefficient (Wildman–Crippen LogP) is 5.98. The fourth-order valence-electron chi connectivity index (χ4n) is 3.17. The molecule has 0 N–H and O–H groups in total. The Bertz CT molecular complexity index is 789. The summed E-state index contributed by atoms with van der Waals surface area (Å²) < 4.78 is 20.0. The van der Waals surface area contributed by atoms with Gasteiger partial charge in [-0.05, 0) is 54.0 Å². The Morgan fingerprint density at radius 1 is 0.903 bits per heavy atom. The van der Waals surface area contributed by atoms with Crippen LogP contribution in [0.5, 0.6) is 5.75 Å². The van der Waals surface area contributed by atoms with E-state index in [1.807, 2.05) is 24.3 Å². The molecule has 1 heterocycles. The van der Waals surface area contributed by atoms with Gasteiger partial charge in [0, 0.05) is 0 Å². The number of nitrogens with zero attached hydrogens (tertiary/aromatic N) is 1. The lowest BCUT2D eigenvalue weighted by atomic mass is 10.0. The lowest BCUT2D eigenvalue weighted by Gasteiger charge is -2.42. The van der Waals surface area contributed by atoms with Crippen LogP contribution in [0.3, 0.4) is 0 Å². The lowest BCUT2D eigenvalue weighted by Crippen LogP contribution is -2.53. The first-order valence-electron chi connectivity index (χ1n) is 11.3. The molecule has 0 saturated carbocycles. The third kappa shape index (κ3) is 6.00. The van der Waals surface area contributed by atoms with Crippen molar-refractivity contribution in [3.63, 3.8) is 0 Å². The first-order chi connectivity index (χ1) is 14.0. The molecule has 176 valence electrons. The second-order valence-corrected chi connectivity index (χ2v) is 21.3. The Balaban J connectivity index is 2.37. The summed E-state index contributed by atoms with van der Waals surface area (Å²) in [5, 5.41) is 13.2. The summed E-state index contributed by atoms with van der Waals surface area (Å²) in [4.78, 5) is 0. The average Bonchev–Trinajstić information content (AvgIpc) is 2.88. The molecule has 0 unspecified atom stereocenters. The molecule has 0 radical (unpaired) electrons. The van der Waals surface area contributed by atoms with Crippen LogP contribution in [0.2, 0.25) is 36.3 Å². The number of rotatable bonds is 7. The van der Waals surface area contributed by atoms with Crippen molar-refractivity contribution in [3.05, 3.63) is 35.0 Å². The molecule has 2 rings (SSSR count). The summed E-state index contributed by atoms with van der Waals surface area (Å²) in [5.74, 6) is 0.812. The van der Waals surface area contributed by atoms with E-state index in [0.717, 1.165) is 21.8 Å². The van der Waals surface area contributed by atoms with E-state index in [0.29, 0.717) is 13.0 Å². The Morgan fingerprint density at radius 3 is 1.84 bits per heavy atom. The van der Waals surface area contributed by atoms with Crippen molar-refractivity contribution in [1.82, 2.24) is 0 Å². The van der Waals surface area contributed by atoms with E-state index in [2.05, 4.69) is 67.7 Å². The second kappa shape index (κ2) is 9.00. The normalized spacial score (nSPS) is 21.0. The largest absolute Gasteiger partial charge is 0.624 e. The van der Waals surface area contributed by atoms with E-state index in [9.17, 15) is 5.21 Å². The van der Waals surface area contributed by atoms with Crippen LogP contribution >= 0.6 is 0 Å². The molecule has 7 heteroatoms. The minimum Gasteiger partial charge on any atom is -0.624 e. The molecule has 0 fully saturated rings. The highest BCUT2D eigenvalue weighted by Crippen LogP contribution is 2.41. The minimum absolute atomic E-state index is 0.0516. The molecule has 1 aromatic carbocycles. The van der Waals surface area contributed by atoms with Gasteiger partial charge in [-0.3, -0.25) is 0 Å². The van der Waals surface area contributed by atoms with E-state index in [1.165, 1.54) is 0 Å². The third-order valence-corrected chi connectivity index (χ3v) is 16.3. The van der Waals surface area contributed by atoms with Crippen molar-refractivity contribution >= 4 is 22.3 Å². The molecule has 1 aliphatic rings. The van der Waals surface area contributed by atoms with Gasteiger partial charge in [0.25, 0.3) is 0 Å². The predicted molar refractivity (Wildman–Crippen MR) is 134 cm³/mol. The van der Waals surface area contributed by atoms with Gasteiger partial charge in [-0.2, -0.15) is 0 Å². The maximum absolute atomic E-state index is 13.1. The average molecular weight is 466 g/mol. The number of benzene rings is 1. The zero-order valence-electron chi connectivity index (χ0n) is 21.5. The molecular formula is C24H43NO4Si2. The Labute approximate surface area is 191 Å². The number of methoxy groups -OCH3 is 1. The van der Waals surface area contributed by atoms with Gasteiger partial charge in [0.2, 0.25) is 0 Å². The van der Waals surface area contributed by atoms with Gasteiger partial charge in [0.1, 0.15) is 11.9 Å². The molecule has 0 aromatic heterocycles. The highest BCUT2D eigenvalue weighted by atomic mass is 28.4. The first kappa shape index (κ1) is 26.1. The Kier molecular flexibility index (Phi) is 7.58. The van der Waals surface area contributed by atoms with Crippen LogP contribution in [0.4, 0.5) is 0 Å². The van der Waals surface area contributed by atoms with Crippen LogP contribution in [-0.4, -0.2) is 52.9 Å². The van der Waals surface area contributed by atoms with Crippen LogP contribution < -0.4 is 4.74 Å². The molecule has 5 nitrogen and oxygen atoms in total. The summed E-state index contributed by atoms with van der Waals surface area (Å²) in [6.45, 7) is 22.7. The molecule has 0 aliphatic carbocycles. The lowest BCUT2D eigenvalue weighted by molar-refractivity contribution is -0.456. The molecule has 1 aliphatic heterocycles. The quantitative estimate of drug-likeness (QED) is 0.282. The van der Waals surface area contributed by atoms with Crippen molar-refractivity contribution in [2.45, 2.75) is 96.4 Å². The molecule has 0 bridgehead atoms. The zero-order chi connectivity index (χ0) is 23.8. The number of ether oxygens (including phenoxy) is 1. The summed E-state index contributed by atoms with van der Waals surface area (Å²) >= 11 is 0. The molecule has 0 saturated heterocycles.